The Morgan fingerprint density at radius 1 is 1.48 bits per heavy atom. The average Bonchev–Trinajstić information content (AvgIpc) is 2.62. The maximum absolute atomic E-state index is 11.5. The van der Waals surface area contributed by atoms with E-state index >= 15 is 0 Å². The molecule has 1 saturated carbocycles. The van der Waals surface area contributed by atoms with Crippen molar-refractivity contribution < 1.29 is 14.6 Å². The molecule has 1 aromatic heterocycles. The lowest BCUT2D eigenvalue weighted by Gasteiger charge is -2.48. The lowest BCUT2D eigenvalue weighted by Crippen LogP contribution is -2.51. The van der Waals surface area contributed by atoms with Crippen molar-refractivity contribution in [2.24, 2.45) is 5.41 Å². The van der Waals surface area contributed by atoms with Crippen molar-refractivity contribution in [1.82, 2.24) is 15.6 Å². The van der Waals surface area contributed by atoms with Crippen molar-refractivity contribution in [3.63, 3.8) is 0 Å². The van der Waals surface area contributed by atoms with Gasteiger partial charge in [0.2, 0.25) is 5.91 Å². The van der Waals surface area contributed by atoms with E-state index in [0.717, 1.165) is 43.4 Å². The van der Waals surface area contributed by atoms with Crippen molar-refractivity contribution >= 4 is 17.5 Å². The number of carbonyl (C=O) groups is 1. The van der Waals surface area contributed by atoms with Crippen LogP contribution in [0.25, 0.3) is 0 Å². The van der Waals surface area contributed by atoms with Gasteiger partial charge in [0.1, 0.15) is 5.60 Å². The molecule has 7 heteroatoms. The molecule has 3 atom stereocenters. The largest absolute Gasteiger partial charge is 0.484 e. The molecule has 0 saturated heterocycles. The number of carbonyl (C=O) groups excluding carboxylic acids is 1. The molecule has 3 N–H and O–H groups in total. The minimum absolute atomic E-state index is 0.000345. The molecule has 0 unspecified atom stereocenters. The lowest BCUT2D eigenvalue weighted by atomic mass is 9.73. The highest BCUT2D eigenvalue weighted by atomic mass is 35.5. The van der Waals surface area contributed by atoms with E-state index in [1.807, 2.05) is 0 Å². The highest BCUT2D eigenvalue weighted by molar-refractivity contribution is 6.31. The molecule has 0 aromatic carbocycles. The second-order valence-electron chi connectivity index (χ2n) is 10.3. The monoisotopic (exact) mass is 449 g/mol. The van der Waals surface area contributed by atoms with Crippen LogP contribution in [0.2, 0.25) is 5.15 Å². The predicted molar refractivity (Wildman–Crippen MR) is 123 cm³/mol. The number of rotatable bonds is 8. The summed E-state index contributed by atoms with van der Waals surface area (Å²) in [4.78, 5) is 16.1. The molecule has 1 fully saturated rings. The molecule has 1 aromatic rings. The fraction of sp³-hybridized carbons (Fsp3) is 0.667. The number of fused-ring (bicyclic) bond motifs is 1. The fourth-order valence-electron chi connectivity index (χ4n) is 4.52. The van der Waals surface area contributed by atoms with Gasteiger partial charge in [-0.25, -0.2) is 4.98 Å². The Morgan fingerprint density at radius 3 is 2.74 bits per heavy atom. The van der Waals surface area contributed by atoms with Gasteiger partial charge >= 0.3 is 0 Å². The summed E-state index contributed by atoms with van der Waals surface area (Å²) in [7, 11) is 0. The van der Waals surface area contributed by atoms with Crippen LogP contribution in [0.5, 0.6) is 5.75 Å². The van der Waals surface area contributed by atoms with E-state index in [4.69, 9.17) is 16.3 Å². The summed E-state index contributed by atoms with van der Waals surface area (Å²) in [5.41, 5.74) is 1.83. The molecule has 3 rings (SSSR count). The maximum atomic E-state index is 11.5. The number of halogens is 1. The number of nitrogens with zero attached hydrogens (tertiary/aromatic N) is 1. The van der Waals surface area contributed by atoms with Crippen LogP contribution < -0.4 is 15.4 Å². The van der Waals surface area contributed by atoms with E-state index in [0.29, 0.717) is 23.9 Å². The van der Waals surface area contributed by atoms with Gasteiger partial charge in [0.15, 0.2) is 10.9 Å². The second kappa shape index (κ2) is 9.47. The van der Waals surface area contributed by atoms with Crippen LogP contribution in [0.1, 0.15) is 77.1 Å². The van der Waals surface area contributed by atoms with Crippen molar-refractivity contribution in [3.8, 4) is 5.75 Å². The summed E-state index contributed by atoms with van der Waals surface area (Å²) < 4.78 is 6.38. The van der Waals surface area contributed by atoms with E-state index in [9.17, 15) is 9.90 Å². The molecule has 2 aliphatic rings. The summed E-state index contributed by atoms with van der Waals surface area (Å²) in [6.45, 7) is 12.1. The Balaban J connectivity index is 1.82. The summed E-state index contributed by atoms with van der Waals surface area (Å²) in [5.74, 6) is 0.502. The van der Waals surface area contributed by atoms with E-state index in [2.05, 4.69) is 49.0 Å². The Hall–Kier alpha value is -1.63. The van der Waals surface area contributed by atoms with Gasteiger partial charge < -0.3 is 20.5 Å². The van der Waals surface area contributed by atoms with E-state index in [-0.39, 0.29) is 29.0 Å². The number of hydrogen-bond acceptors (Lipinski definition) is 5. The van der Waals surface area contributed by atoms with Gasteiger partial charge in [0, 0.05) is 37.2 Å². The third kappa shape index (κ3) is 5.99. The van der Waals surface area contributed by atoms with Crippen molar-refractivity contribution in [1.29, 1.82) is 0 Å². The van der Waals surface area contributed by atoms with Crippen LogP contribution in [0.15, 0.2) is 18.7 Å². The zero-order valence-electron chi connectivity index (χ0n) is 19.1. The Kier molecular flexibility index (Phi) is 7.34. The molecule has 2 heterocycles. The highest BCUT2D eigenvalue weighted by Gasteiger charge is 2.46. The molecule has 1 aliphatic heterocycles. The third-order valence-corrected chi connectivity index (χ3v) is 6.36. The summed E-state index contributed by atoms with van der Waals surface area (Å²) in [6.07, 6.45) is 6.25. The first kappa shape index (κ1) is 24.0. The van der Waals surface area contributed by atoms with Crippen LogP contribution in [0, 0.1) is 5.41 Å². The number of hydrogen-bond donors (Lipinski definition) is 3. The zero-order valence-corrected chi connectivity index (χ0v) is 19.9. The lowest BCUT2D eigenvalue weighted by molar-refractivity contribution is -0.120. The average molecular weight is 450 g/mol. The van der Waals surface area contributed by atoms with Crippen LogP contribution >= 0.6 is 11.6 Å². The second-order valence-corrected chi connectivity index (χ2v) is 10.6. The fourth-order valence-corrected chi connectivity index (χ4v) is 4.78. The van der Waals surface area contributed by atoms with Crippen molar-refractivity contribution in [3.05, 3.63) is 35.1 Å². The topological polar surface area (TPSA) is 83.5 Å². The number of amides is 1. The van der Waals surface area contributed by atoms with Crippen molar-refractivity contribution in [2.75, 3.05) is 6.54 Å². The number of aliphatic hydroxyl groups excluding tert-OH is 1. The molecule has 6 nitrogen and oxygen atoms in total. The number of nitrogens with one attached hydrogen (secondary N) is 2. The molecular formula is C24H36ClN3O3. The smallest absolute Gasteiger partial charge is 0.217 e. The molecule has 1 amide bonds. The van der Waals surface area contributed by atoms with Gasteiger partial charge in [-0.05, 0) is 43.6 Å². The van der Waals surface area contributed by atoms with Gasteiger partial charge in [-0.2, -0.15) is 0 Å². The first-order valence-electron chi connectivity index (χ1n) is 11.2. The first-order valence-corrected chi connectivity index (χ1v) is 11.6. The van der Waals surface area contributed by atoms with E-state index in [1.54, 1.807) is 6.08 Å². The SMILES string of the molecule is C=CC[C@H](NC(C)=O)[C@H](O)CN[C@H]1CC2(CCC2)Oc2c1cc(CC(C)(C)C)nc2Cl. The van der Waals surface area contributed by atoms with Gasteiger partial charge in [-0.1, -0.05) is 38.4 Å². The van der Waals surface area contributed by atoms with Gasteiger partial charge in [-0.15, -0.1) is 6.58 Å². The minimum atomic E-state index is -0.739. The Morgan fingerprint density at radius 2 is 2.19 bits per heavy atom. The number of aromatic nitrogens is 1. The maximum Gasteiger partial charge on any atom is 0.217 e. The molecule has 31 heavy (non-hydrogen) atoms. The molecule has 172 valence electrons. The van der Waals surface area contributed by atoms with Gasteiger partial charge in [-0.3, -0.25) is 4.79 Å². The summed E-state index contributed by atoms with van der Waals surface area (Å²) in [6, 6.07) is 1.72. The van der Waals surface area contributed by atoms with E-state index < -0.39 is 6.10 Å². The Labute approximate surface area is 190 Å². The normalized spacial score (nSPS) is 21.4. The van der Waals surface area contributed by atoms with Crippen LogP contribution in [0.3, 0.4) is 0 Å². The predicted octanol–water partition coefficient (Wildman–Crippen LogP) is 4.10. The first-order chi connectivity index (χ1) is 14.5. The number of aliphatic hydroxyl groups is 1. The highest BCUT2D eigenvalue weighted by Crippen LogP contribution is 2.50. The Bertz CT molecular complexity index is 817. The zero-order chi connectivity index (χ0) is 22.8. The number of ether oxygens (including phenoxy) is 1. The standard InChI is InChI=1S/C24H36ClN3O3/c1-6-8-18(27-15(2)29)20(30)14-26-19-13-24(9-7-10-24)31-21-17(19)11-16(28-22(21)25)12-23(3,4)5/h6,11,18-20,26,30H,1,7-10,12-14H2,2-5H3,(H,27,29)/t18-,19-,20+/m0/s1. The van der Waals surface area contributed by atoms with Crippen molar-refractivity contribution in [2.45, 2.75) is 90.0 Å². The third-order valence-electron chi connectivity index (χ3n) is 6.11. The van der Waals surface area contributed by atoms with Crippen LogP contribution in [0.4, 0.5) is 0 Å². The molecule has 1 aliphatic carbocycles. The molecule has 0 bridgehead atoms. The van der Waals surface area contributed by atoms with Gasteiger partial charge in [0.25, 0.3) is 0 Å². The molecule has 1 spiro atoms. The summed E-state index contributed by atoms with van der Waals surface area (Å²) >= 11 is 6.59. The quantitative estimate of drug-likeness (QED) is 0.411. The molecular weight excluding hydrogens is 414 g/mol. The van der Waals surface area contributed by atoms with E-state index in [1.165, 1.54) is 6.92 Å². The minimum Gasteiger partial charge on any atom is -0.484 e. The number of pyridine rings is 1. The summed E-state index contributed by atoms with van der Waals surface area (Å²) in [5, 5.41) is 17.5. The van der Waals surface area contributed by atoms with Gasteiger partial charge in [0.05, 0.1) is 12.1 Å². The van der Waals surface area contributed by atoms with Crippen LogP contribution in [-0.4, -0.2) is 40.3 Å². The molecule has 0 radical (unpaired) electrons. The van der Waals surface area contributed by atoms with Crippen LogP contribution in [-0.2, 0) is 11.2 Å².